The molecule has 1 rings (SSSR count). The highest BCUT2D eigenvalue weighted by molar-refractivity contribution is 5.76. The molecule has 0 saturated carbocycles. The minimum atomic E-state index is -0.914. The van der Waals surface area contributed by atoms with Crippen molar-refractivity contribution in [2.24, 2.45) is 12.5 Å². The molecular formula is C10H14N2O2. The molecule has 0 aliphatic heterocycles. The van der Waals surface area contributed by atoms with Crippen molar-refractivity contribution in [1.82, 2.24) is 9.78 Å². The summed E-state index contributed by atoms with van der Waals surface area (Å²) in [6, 6.07) is 0. The molecule has 1 atom stereocenters. The van der Waals surface area contributed by atoms with Gasteiger partial charge in [0.05, 0.1) is 11.6 Å². The standard InChI is InChI=1S/C10H14N2O2/c1-4-10(2,9(13)14)5-8-6-11-12(3)7-8/h4,6-7H,1,5H2,2-3H3,(H,13,14). The Bertz CT molecular complexity index is 357. The van der Waals surface area contributed by atoms with Gasteiger partial charge in [0.25, 0.3) is 0 Å². The predicted molar refractivity (Wildman–Crippen MR) is 52.9 cm³/mol. The number of aryl methyl sites for hydroxylation is 1. The van der Waals surface area contributed by atoms with Gasteiger partial charge in [0.2, 0.25) is 0 Å². The maximum absolute atomic E-state index is 11.0. The van der Waals surface area contributed by atoms with Gasteiger partial charge >= 0.3 is 5.97 Å². The van der Waals surface area contributed by atoms with Crippen molar-refractivity contribution >= 4 is 5.97 Å². The highest BCUT2D eigenvalue weighted by atomic mass is 16.4. The van der Waals surface area contributed by atoms with E-state index in [2.05, 4.69) is 11.7 Å². The van der Waals surface area contributed by atoms with Crippen LogP contribution < -0.4 is 0 Å². The van der Waals surface area contributed by atoms with Crippen LogP contribution in [0.25, 0.3) is 0 Å². The van der Waals surface area contributed by atoms with Gasteiger partial charge in [-0.2, -0.15) is 5.10 Å². The molecule has 14 heavy (non-hydrogen) atoms. The molecule has 76 valence electrons. The Morgan fingerprint density at radius 1 is 1.86 bits per heavy atom. The molecule has 0 saturated heterocycles. The molecule has 0 bridgehead atoms. The maximum atomic E-state index is 11.0. The molecule has 0 spiro atoms. The van der Waals surface area contributed by atoms with Crippen molar-refractivity contribution in [3.05, 3.63) is 30.6 Å². The first kappa shape index (κ1) is 10.5. The smallest absolute Gasteiger partial charge is 0.313 e. The van der Waals surface area contributed by atoms with Crippen LogP contribution in [0.2, 0.25) is 0 Å². The first-order valence-corrected chi connectivity index (χ1v) is 4.32. The van der Waals surface area contributed by atoms with Crippen LogP contribution in [0.5, 0.6) is 0 Å². The summed E-state index contributed by atoms with van der Waals surface area (Å²) >= 11 is 0. The fraction of sp³-hybridized carbons (Fsp3) is 0.400. The Labute approximate surface area is 82.9 Å². The quantitative estimate of drug-likeness (QED) is 0.734. The zero-order chi connectivity index (χ0) is 10.8. The first-order valence-electron chi connectivity index (χ1n) is 4.32. The molecule has 1 unspecified atom stereocenters. The van der Waals surface area contributed by atoms with Crippen molar-refractivity contribution < 1.29 is 9.90 Å². The topological polar surface area (TPSA) is 55.1 Å². The predicted octanol–water partition coefficient (Wildman–Crippen LogP) is 1.24. The van der Waals surface area contributed by atoms with E-state index in [9.17, 15) is 4.79 Å². The number of hydrogen-bond acceptors (Lipinski definition) is 2. The zero-order valence-electron chi connectivity index (χ0n) is 8.40. The van der Waals surface area contributed by atoms with Gasteiger partial charge in [0.1, 0.15) is 0 Å². The third-order valence-electron chi connectivity index (χ3n) is 2.27. The Hall–Kier alpha value is -1.58. The Balaban J connectivity index is 2.85. The number of aliphatic carboxylic acids is 1. The average Bonchev–Trinajstić information content (AvgIpc) is 2.50. The number of rotatable bonds is 4. The van der Waals surface area contributed by atoms with Gasteiger partial charge in [0.15, 0.2) is 0 Å². The fourth-order valence-corrected chi connectivity index (χ4v) is 1.22. The molecule has 1 N–H and O–H groups in total. The molecule has 0 aliphatic rings. The van der Waals surface area contributed by atoms with Gasteiger partial charge in [0, 0.05) is 13.2 Å². The SMILES string of the molecule is C=CC(C)(Cc1cnn(C)c1)C(=O)O. The first-order chi connectivity index (χ1) is 6.48. The van der Waals surface area contributed by atoms with Crippen LogP contribution in [0.15, 0.2) is 25.0 Å². The number of carboxylic acid groups (broad SMARTS) is 1. The van der Waals surface area contributed by atoms with E-state index >= 15 is 0 Å². The summed E-state index contributed by atoms with van der Waals surface area (Å²) in [5.74, 6) is -0.864. The van der Waals surface area contributed by atoms with E-state index in [1.54, 1.807) is 24.9 Å². The summed E-state index contributed by atoms with van der Waals surface area (Å²) < 4.78 is 1.65. The summed E-state index contributed by atoms with van der Waals surface area (Å²) in [6.45, 7) is 5.20. The second-order valence-electron chi connectivity index (χ2n) is 3.63. The van der Waals surface area contributed by atoms with Gasteiger partial charge in [-0.15, -0.1) is 6.58 Å². The summed E-state index contributed by atoms with van der Waals surface area (Å²) in [4.78, 5) is 11.0. The van der Waals surface area contributed by atoms with Gasteiger partial charge in [-0.05, 0) is 18.9 Å². The van der Waals surface area contributed by atoms with Gasteiger partial charge in [-0.25, -0.2) is 0 Å². The lowest BCUT2D eigenvalue weighted by Gasteiger charge is -2.18. The van der Waals surface area contributed by atoms with E-state index in [1.165, 1.54) is 6.08 Å². The molecule has 4 nitrogen and oxygen atoms in total. The van der Waals surface area contributed by atoms with E-state index in [-0.39, 0.29) is 0 Å². The summed E-state index contributed by atoms with van der Waals surface area (Å²) in [7, 11) is 1.80. The van der Waals surface area contributed by atoms with Crippen LogP contribution >= 0.6 is 0 Å². The van der Waals surface area contributed by atoms with E-state index in [0.717, 1.165) is 5.56 Å². The van der Waals surface area contributed by atoms with Crippen LogP contribution in [-0.2, 0) is 18.3 Å². The van der Waals surface area contributed by atoms with Gasteiger partial charge in [-0.1, -0.05) is 6.08 Å². The minimum Gasteiger partial charge on any atom is -0.481 e. The van der Waals surface area contributed by atoms with Crippen LogP contribution in [0, 0.1) is 5.41 Å². The number of carbonyl (C=O) groups is 1. The van der Waals surface area contributed by atoms with Crippen LogP contribution in [0.3, 0.4) is 0 Å². The largest absolute Gasteiger partial charge is 0.481 e. The average molecular weight is 194 g/mol. The van der Waals surface area contributed by atoms with Crippen LogP contribution in [0.1, 0.15) is 12.5 Å². The minimum absolute atomic E-state index is 0.416. The third kappa shape index (κ3) is 2.02. The van der Waals surface area contributed by atoms with Gasteiger partial charge in [-0.3, -0.25) is 9.48 Å². The third-order valence-corrected chi connectivity index (χ3v) is 2.27. The molecule has 4 heteroatoms. The molecule has 0 aromatic carbocycles. The maximum Gasteiger partial charge on any atom is 0.313 e. The number of nitrogens with zero attached hydrogens (tertiary/aromatic N) is 2. The molecule has 0 aliphatic carbocycles. The lowest BCUT2D eigenvalue weighted by Crippen LogP contribution is -2.27. The molecule has 1 aromatic heterocycles. The zero-order valence-corrected chi connectivity index (χ0v) is 8.40. The fourth-order valence-electron chi connectivity index (χ4n) is 1.22. The lowest BCUT2D eigenvalue weighted by atomic mass is 9.85. The van der Waals surface area contributed by atoms with Crippen LogP contribution in [-0.4, -0.2) is 20.9 Å². The van der Waals surface area contributed by atoms with Crippen molar-refractivity contribution in [2.75, 3.05) is 0 Å². The molecule has 0 amide bonds. The monoisotopic (exact) mass is 194 g/mol. The molecule has 0 radical (unpaired) electrons. The molecule has 1 heterocycles. The highest BCUT2D eigenvalue weighted by Gasteiger charge is 2.29. The van der Waals surface area contributed by atoms with Crippen molar-refractivity contribution in [1.29, 1.82) is 0 Å². The lowest BCUT2D eigenvalue weighted by molar-refractivity contribution is -0.145. The Kier molecular flexibility index (Phi) is 2.74. The van der Waals surface area contributed by atoms with E-state index < -0.39 is 11.4 Å². The number of hydrogen-bond donors (Lipinski definition) is 1. The van der Waals surface area contributed by atoms with E-state index in [4.69, 9.17) is 5.11 Å². The van der Waals surface area contributed by atoms with Crippen LogP contribution in [0.4, 0.5) is 0 Å². The Morgan fingerprint density at radius 2 is 2.50 bits per heavy atom. The highest BCUT2D eigenvalue weighted by Crippen LogP contribution is 2.23. The normalized spacial score (nSPS) is 14.7. The Morgan fingerprint density at radius 3 is 2.86 bits per heavy atom. The number of carboxylic acids is 1. The second-order valence-corrected chi connectivity index (χ2v) is 3.63. The van der Waals surface area contributed by atoms with Crippen molar-refractivity contribution in [3.8, 4) is 0 Å². The molecular weight excluding hydrogens is 180 g/mol. The summed E-state index contributed by atoms with van der Waals surface area (Å²) in [5.41, 5.74) is -0.0134. The van der Waals surface area contributed by atoms with Gasteiger partial charge < -0.3 is 5.11 Å². The van der Waals surface area contributed by atoms with Crippen molar-refractivity contribution in [3.63, 3.8) is 0 Å². The van der Waals surface area contributed by atoms with Crippen molar-refractivity contribution in [2.45, 2.75) is 13.3 Å². The number of aromatic nitrogens is 2. The summed E-state index contributed by atoms with van der Waals surface area (Å²) in [6.07, 6.45) is 5.36. The van der Waals surface area contributed by atoms with E-state index in [1.807, 2.05) is 6.20 Å². The molecule has 1 aromatic rings. The molecule has 0 fully saturated rings. The van der Waals surface area contributed by atoms with E-state index in [0.29, 0.717) is 6.42 Å². The second kappa shape index (κ2) is 3.65. The summed E-state index contributed by atoms with van der Waals surface area (Å²) in [5, 5.41) is 13.0.